The third-order valence-electron chi connectivity index (χ3n) is 6.89. The first-order valence-electron chi connectivity index (χ1n) is 13.0. The van der Waals surface area contributed by atoms with Crippen molar-refractivity contribution in [3.05, 3.63) is 121 Å². The molecule has 2 heterocycles. The van der Waals surface area contributed by atoms with E-state index in [1.165, 1.54) is 31.4 Å². The lowest BCUT2D eigenvalue weighted by molar-refractivity contribution is -0.384. The third-order valence-corrected chi connectivity index (χ3v) is 8.03. The Morgan fingerprint density at radius 1 is 1.07 bits per heavy atom. The molecule has 1 fully saturated rings. The third kappa shape index (κ3) is 5.60. The van der Waals surface area contributed by atoms with E-state index in [0.29, 0.717) is 17.9 Å². The average Bonchev–Trinajstić information content (AvgIpc) is 3.52. The Morgan fingerprint density at radius 2 is 1.81 bits per heavy atom. The minimum atomic E-state index is -1.27. The molecule has 12 heteroatoms. The van der Waals surface area contributed by atoms with Crippen LogP contribution < -0.4 is 9.64 Å². The lowest BCUT2D eigenvalue weighted by Crippen LogP contribution is -2.29. The molecule has 1 saturated heterocycles. The van der Waals surface area contributed by atoms with Gasteiger partial charge in [-0.3, -0.25) is 24.6 Å². The lowest BCUT2D eigenvalue weighted by Gasteiger charge is -2.23. The van der Waals surface area contributed by atoms with E-state index in [2.05, 4.69) is 4.98 Å². The van der Waals surface area contributed by atoms with Crippen LogP contribution in [0.15, 0.2) is 78.4 Å². The Bertz CT molecular complexity index is 1800. The van der Waals surface area contributed by atoms with E-state index in [0.717, 1.165) is 21.8 Å². The second-order valence-corrected chi connectivity index (χ2v) is 10.7. The first-order chi connectivity index (χ1) is 20.6. The monoisotopic (exact) mass is 599 g/mol. The van der Waals surface area contributed by atoms with Gasteiger partial charge in [0.25, 0.3) is 11.5 Å². The SMILES string of the molecule is COC(=O)c1sc(N2C(=O)C(=O)C(=C(O)c3ccc(OCc4ccccc4)c(C)c3)[C@H]2c2cccc([N+](=O)[O-])c2)nc1C. The van der Waals surface area contributed by atoms with Gasteiger partial charge in [0.2, 0.25) is 0 Å². The molecule has 218 valence electrons. The van der Waals surface area contributed by atoms with Gasteiger partial charge in [0.05, 0.1) is 29.3 Å². The molecule has 1 atom stereocenters. The summed E-state index contributed by atoms with van der Waals surface area (Å²) in [5.41, 5.74) is 1.79. The number of amides is 1. The molecule has 1 aliphatic heterocycles. The molecule has 0 saturated carbocycles. The van der Waals surface area contributed by atoms with Crippen LogP contribution in [0.25, 0.3) is 5.76 Å². The zero-order valence-electron chi connectivity index (χ0n) is 23.3. The molecule has 0 spiro atoms. The Kier molecular flexibility index (Phi) is 8.04. The number of non-ortho nitro benzene ring substituents is 1. The summed E-state index contributed by atoms with van der Waals surface area (Å²) in [6, 6.07) is 18.6. The van der Waals surface area contributed by atoms with Gasteiger partial charge in [-0.25, -0.2) is 9.78 Å². The number of aryl methyl sites for hydroxylation is 2. The van der Waals surface area contributed by atoms with E-state index in [4.69, 9.17) is 9.47 Å². The van der Waals surface area contributed by atoms with E-state index >= 15 is 0 Å². The van der Waals surface area contributed by atoms with E-state index in [-0.39, 0.29) is 38.1 Å². The zero-order valence-corrected chi connectivity index (χ0v) is 24.1. The zero-order chi connectivity index (χ0) is 30.8. The van der Waals surface area contributed by atoms with Crippen LogP contribution in [-0.4, -0.2) is 39.8 Å². The summed E-state index contributed by atoms with van der Waals surface area (Å²) >= 11 is 0.834. The molecule has 1 aromatic heterocycles. The minimum Gasteiger partial charge on any atom is -0.507 e. The Morgan fingerprint density at radius 3 is 2.49 bits per heavy atom. The van der Waals surface area contributed by atoms with Gasteiger partial charge in [-0.05, 0) is 48.7 Å². The number of benzene rings is 3. The molecule has 0 aliphatic carbocycles. The summed E-state index contributed by atoms with van der Waals surface area (Å²) in [4.78, 5) is 55.7. The van der Waals surface area contributed by atoms with Crippen molar-refractivity contribution in [2.45, 2.75) is 26.5 Å². The predicted molar refractivity (Wildman–Crippen MR) is 158 cm³/mol. The number of nitrogens with zero attached hydrogens (tertiary/aromatic N) is 3. The second-order valence-electron chi connectivity index (χ2n) is 9.68. The minimum absolute atomic E-state index is 0.00334. The summed E-state index contributed by atoms with van der Waals surface area (Å²) in [7, 11) is 1.20. The highest BCUT2D eigenvalue weighted by Crippen LogP contribution is 2.44. The number of hydrogen-bond acceptors (Lipinski definition) is 10. The topological polar surface area (TPSA) is 149 Å². The molecule has 5 rings (SSSR count). The van der Waals surface area contributed by atoms with Crippen molar-refractivity contribution < 1.29 is 33.9 Å². The predicted octanol–water partition coefficient (Wildman–Crippen LogP) is 5.66. The lowest BCUT2D eigenvalue weighted by atomic mass is 9.94. The Hall–Kier alpha value is -5.36. The molecule has 1 aliphatic rings. The molecule has 0 radical (unpaired) electrons. The summed E-state index contributed by atoms with van der Waals surface area (Å²) in [5.74, 6) is -2.61. The number of Topliss-reactive ketones (excluding diaryl/α,β-unsaturated/α-hetero) is 1. The van der Waals surface area contributed by atoms with Crippen LogP contribution in [0.4, 0.5) is 10.8 Å². The standard InChI is InChI=1S/C31H25N3O8S/c1-17-14-21(12-13-23(17)42-16-19-8-5-4-6-9-19)26(35)24-25(20-10-7-11-22(15-20)34(39)40)33(29(37)27(24)36)31-32-18(2)28(43-31)30(38)41-3/h4-15,25,35H,16H2,1-3H3/t25-/m1/s1. The largest absolute Gasteiger partial charge is 0.507 e. The number of rotatable bonds is 8. The van der Waals surface area contributed by atoms with Gasteiger partial charge in [0.1, 0.15) is 23.0 Å². The number of aliphatic hydroxyl groups excluding tert-OH is 1. The molecule has 1 N–H and O–H groups in total. The van der Waals surface area contributed by atoms with Crippen LogP contribution >= 0.6 is 11.3 Å². The van der Waals surface area contributed by atoms with Crippen LogP contribution in [0.5, 0.6) is 5.75 Å². The molecule has 0 unspecified atom stereocenters. The van der Waals surface area contributed by atoms with Crippen LogP contribution in [-0.2, 0) is 20.9 Å². The van der Waals surface area contributed by atoms with Crippen molar-refractivity contribution in [3.8, 4) is 5.75 Å². The van der Waals surface area contributed by atoms with Crippen molar-refractivity contribution in [2.24, 2.45) is 0 Å². The highest BCUT2D eigenvalue weighted by Gasteiger charge is 2.48. The number of nitro groups is 1. The van der Waals surface area contributed by atoms with Crippen LogP contribution in [0.3, 0.4) is 0 Å². The van der Waals surface area contributed by atoms with Gasteiger partial charge in [0, 0.05) is 17.7 Å². The van der Waals surface area contributed by atoms with Crippen LogP contribution in [0.1, 0.15) is 43.7 Å². The fourth-order valence-corrected chi connectivity index (χ4v) is 5.78. The number of hydrogen-bond donors (Lipinski definition) is 1. The fourth-order valence-electron chi connectivity index (χ4n) is 4.77. The maximum Gasteiger partial charge on any atom is 0.350 e. The molecule has 11 nitrogen and oxygen atoms in total. The maximum atomic E-state index is 13.5. The van der Waals surface area contributed by atoms with Gasteiger partial charge in [-0.15, -0.1) is 0 Å². The van der Waals surface area contributed by atoms with E-state index < -0.39 is 34.4 Å². The molecule has 0 bridgehead atoms. The van der Waals surface area contributed by atoms with Crippen molar-refractivity contribution in [2.75, 3.05) is 12.0 Å². The first-order valence-corrected chi connectivity index (χ1v) is 13.8. The molecular formula is C31H25N3O8S. The van der Waals surface area contributed by atoms with E-state index in [1.54, 1.807) is 32.0 Å². The number of nitro benzene ring substituents is 1. The Labute approximate surface area is 249 Å². The van der Waals surface area contributed by atoms with Gasteiger partial charge < -0.3 is 14.6 Å². The summed E-state index contributed by atoms with van der Waals surface area (Å²) < 4.78 is 10.7. The normalized spacial score (nSPS) is 15.9. The van der Waals surface area contributed by atoms with Gasteiger partial charge in [0.15, 0.2) is 5.13 Å². The van der Waals surface area contributed by atoms with Crippen LogP contribution in [0.2, 0.25) is 0 Å². The van der Waals surface area contributed by atoms with Crippen molar-refractivity contribution in [1.29, 1.82) is 0 Å². The number of esters is 1. The van der Waals surface area contributed by atoms with Crippen molar-refractivity contribution >= 4 is 45.6 Å². The summed E-state index contributed by atoms with van der Waals surface area (Å²) in [6.45, 7) is 3.65. The number of aromatic nitrogens is 1. The number of thiazole rings is 1. The Balaban J connectivity index is 1.60. The van der Waals surface area contributed by atoms with E-state index in [1.807, 2.05) is 30.3 Å². The van der Waals surface area contributed by atoms with Crippen molar-refractivity contribution in [3.63, 3.8) is 0 Å². The number of ether oxygens (including phenoxy) is 2. The smallest absolute Gasteiger partial charge is 0.350 e. The van der Waals surface area contributed by atoms with Gasteiger partial charge in [-0.1, -0.05) is 53.8 Å². The average molecular weight is 600 g/mol. The number of ketones is 1. The fraction of sp³-hybridized carbons (Fsp3) is 0.161. The highest BCUT2D eigenvalue weighted by atomic mass is 32.1. The number of aliphatic hydroxyl groups is 1. The quantitative estimate of drug-likeness (QED) is 0.0676. The number of methoxy groups -OCH3 is 1. The number of carbonyl (C=O) groups excluding carboxylic acids is 3. The highest BCUT2D eigenvalue weighted by molar-refractivity contribution is 7.17. The second kappa shape index (κ2) is 11.9. The van der Waals surface area contributed by atoms with E-state index in [9.17, 15) is 29.6 Å². The number of carbonyl (C=O) groups is 3. The molecule has 3 aromatic carbocycles. The maximum absolute atomic E-state index is 13.5. The molecule has 1 amide bonds. The van der Waals surface area contributed by atoms with Crippen molar-refractivity contribution in [1.82, 2.24) is 4.98 Å². The molecule has 43 heavy (non-hydrogen) atoms. The van der Waals surface area contributed by atoms with Crippen LogP contribution in [0, 0.1) is 24.0 Å². The first kappa shape index (κ1) is 29.1. The van der Waals surface area contributed by atoms with Gasteiger partial charge in [-0.2, -0.15) is 0 Å². The number of anilines is 1. The molecular weight excluding hydrogens is 574 g/mol. The summed E-state index contributed by atoms with van der Waals surface area (Å²) in [6.07, 6.45) is 0. The summed E-state index contributed by atoms with van der Waals surface area (Å²) in [5, 5.41) is 23.1. The molecule has 4 aromatic rings. The van der Waals surface area contributed by atoms with Gasteiger partial charge >= 0.3 is 11.9 Å².